The number of aromatic nitrogens is 2. The van der Waals surface area contributed by atoms with Crippen LogP contribution in [0.25, 0.3) is 0 Å². The van der Waals surface area contributed by atoms with Crippen molar-refractivity contribution in [2.24, 2.45) is 0 Å². The van der Waals surface area contributed by atoms with E-state index in [-0.39, 0.29) is 11.9 Å². The number of carbonyl (C=O) groups excluding carboxylic acids is 1. The van der Waals surface area contributed by atoms with E-state index < -0.39 is 0 Å². The number of rotatable bonds is 6. The summed E-state index contributed by atoms with van der Waals surface area (Å²) in [6, 6.07) is 12.4. The van der Waals surface area contributed by atoms with Gasteiger partial charge in [-0.3, -0.25) is 4.79 Å². The van der Waals surface area contributed by atoms with E-state index in [9.17, 15) is 4.79 Å². The molecule has 2 aromatic rings. The van der Waals surface area contributed by atoms with Crippen LogP contribution in [0.3, 0.4) is 0 Å². The lowest BCUT2D eigenvalue weighted by atomic mass is 10.2. The number of anilines is 1. The van der Waals surface area contributed by atoms with Crippen LogP contribution in [0.5, 0.6) is 0 Å². The predicted octanol–water partition coefficient (Wildman–Crippen LogP) is 3.48. The van der Waals surface area contributed by atoms with Gasteiger partial charge in [0.25, 0.3) is 5.91 Å². The van der Waals surface area contributed by atoms with Crippen LogP contribution in [0, 0.1) is 6.92 Å². The molecule has 5 heteroatoms. The molecule has 5 nitrogen and oxygen atoms in total. The van der Waals surface area contributed by atoms with Crippen molar-refractivity contribution in [2.45, 2.75) is 52.1 Å². The van der Waals surface area contributed by atoms with E-state index in [0.717, 1.165) is 31.7 Å². The Hall–Kier alpha value is -2.43. The third-order valence-electron chi connectivity index (χ3n) is 4.67. The minimum Gasteiger partial charge on any atom is -0.352 e. The first kappa shape index (κ1) is 17.4. The highest BCUT2D eigenvalue weighted by molar-refractivity contribution is 5.93. The first-order valence-electron chi connectivity index (χ1n) is 9.11. The zero-order valence-electron chi connectivity index (χ0n) is 15.0. The summed E-state index contributed by atoms with van der Waals surface area (Å²) in [5.74, 6) is 1.34. The SMILES string of the molecule is CCN(Cc1ccccc1)c1cc(C(=O)NC2CCCC2)nc(C)n1. The van der Waals surface area contributed by atoms with Crippen LogP contribution in [0.15, 0.2) is 36.4 Å². The molecule has 1 aliphatic rings. The number of nitrogens with zero attached hydrogens (tertiary/aromatic N) is 3. The summed E-state index contributed by atoms with van der Waals surface area (Å²) in [5, 5.41) is 3.11. The fourth-order valence-electron chi connectivity index (χ4n) is 3.32. The van der Waals surface area contributed by atoms with Gasteiger partial charge in [-0.25, -0.2) is 9.97 Å². The zero-order chi connectivity index (χ0) is 17.6. The second-order valence-corrected chi connectivity index (χ2v) is 6.61. The summed E-state index contributed by atoms with van der Waals surface area (Å²) < 4.78 is 0. The highest BCUT2D eigenvalue weighted by Crippen LogP contribution is 2.19. The number of hydrogen-bond donors (Lipinski definition) is 1. The molecule has 1 heterocycles. The second-order valence-electron chi connectivity index (χ2n) is 6.61. The molecular formula is C20H26N4O. The average molecular weight is 338 g/mol. The standard InChI is InChI=1S/C20H26N4O/c1-3-24(14-16-9-5-4-6-10-16)19-13-18(21-15(2)22-19)20(25)23-17-11-7-8-12-17/h4-6,9-10,13,17H,3,7-8,11-12,14H2,1-2H3,(H,23,25). The van der Waals surface area contributed by atoms with E-state index in [0.29, 0.717) is 11.5 Å². The molecule has 1 aromatic heterocycles. The Balaban J connectivity index is 1.78. The molecule has 0 saturated heterocycles. The summed E-state index contributed by atoms with van der Waals surface area (Å²) in [6.45, 7) is 5.51. The number of aryl methyl sites for hydroxylation is 1. The maximum Gasteiger partial charge on any atom is 0.270 e. The largest absolute Gasteiger partial charge is 0.352 e. The molecule has 1 aliphatic carbocycles. The van der Waals surface area contributed by atoms with Crippen LogP contribution < -0.4 is 10.2 Å². The van der Waals surface area contributed by atoms with Gasteiger partial charge in [-0.1, -0.05) is 43.2 Å². The third-order valence-corrected chi connectivity index (χ3v) is 4.67. The Morgan fingerprint density at radius 2 is 1.92 bits per heavy atom. The molecule has 1 fully saturated rings. The highest BCUT2D eigenvalue weighted by atomic mass is 16.1. The summed E-state index contributed by atoms with van der Waals surface area (Å²) in [4.78, 5) is 23.6. The van der Waals surface area contributed by atoms with Crippen molar-refractivity contribution in [1.29, 1.82) is 0 Å². The molecule has 0 radical (unpaired) electrons. The topological polar surface area (TPSA) is 58.1 Å². The summed E-state index contributed by atoms with van der Waals surface area (Å²) in [5.41, 5.74) is 1.68. The zero-order valence-corrected chi connectivity index (χ0v) is 15.0. The molecule has 0 bridgehead atoms. The number of hydrogen-bond acceptors (Lipinski definition) is 4. The Kier molecular flexibility index (Phi) is 5.64. The van der Waals surface area contributed by atoms with Gasteiger partial charge < -0.3 is 10.2 Å². The van der Waals surface area contributed by atoms with Gasteiger partial charge in [-0.2, -0.15) is 0 Å². The molecule has 3 rings (SSSR count). The second kappa shape index (κ2) is 8.10. The van der Waals surface area contributed by atoms with Crippen molar-refractivity contribution in [2.75, 3.05) is 11.4 Å². The van der Waals surface area contributed by atoms with Crippen LogP contribution in [0.4, 0.5) is 5.82 Å². The molecule has 0 atom stereocenters. The van der Waals surface area contributed by atoms with E-state index >= 15 is 0 Å². The van der Waals surface area contributed by atoms with E-state index in [1.165, 1.54) is 18.4 Å². The third kappa shape index (κ3) is 4.56. The number of benzene rings is 1. The average Bonchev–Trinajstić information content (AvgIpc) is 3.13. The van der Waals surface area contributed by atoms with Crippen molar-refractivity contribution in [3.8, 4) is 0 Å². The predicted molar refractivity (Wildman–Crippen MR) is 99.7 cm³/mol. The molecule has 132 valence electrons. The van der Waals surface area contributed by atoms with Gasteiger partial charge in [0.05, 0.1) is 0 Å². The number of carbonyl (C=O) groups is 1. The van der Waals surface area contributed by atoms with Gasteiger partial charge in [-0.15, -0.1) is 0 Å². The van der Waals surface area contributed by atoms with Crippen LogP contribution in [0.2, 0.25) is 0 Å². The van der Waals surface area contributed by atoms with Gasteiger partial charge in [0.1, 0.15) is 17.3 Å². The minimum absolute atomic E-state index is 0.0885. The molecule has 1 amide bonds. The highest BCUT2D eigenvalue weighted by Gasteiger charge is 2.20. The van der Waals surface area contributed by atoms with Gasteiger partial charge >= 0.3 is 0 Å². The molecule has 25 heavy (non-hydrogen) atoms. The first-order valence-corrected chi connectivity index (χ1v) is 9.11. The normalized spacial score (nSPS) is 14.5. The van der Waals surface area contributed by atoms with Crippen LogP contribution in [-0.2, 0) is 6.54 Å². The van der Waals surface area contributed by atoms with Crippen molar-refractivity contribution in [3.05, 3.63) is 53.5 Å². The molecule has 1 N–H and O–H groups in total. The van der Waals surface area contributed by atoms with Crippen molar-refractivity contribution >= 4 is 11.7 Å². The molecular weight excluding hydrogens is 312 g/mol. The van der Waals surface area contributed by atoms with Gasteiger partial charge in [0.15, 0.2) is 0 Å². The van der Waals surface area contributed by atoms with Crippen LogP contribution in [-0.4, -0.2) is 28.5 Å². The smallest absolute Gasteiger partial charge is 0.270 e. The van der Waals surface area contributed by atoms with Gasteiger partial charge in [0.2, 0.25) is 0 Å². The number of amides is 1. The van der Waals surface area contributed by atoms with E-state index in [1.54, 1.807) is 0 Å². The Morgan fingerprint density at radius 3 is 2.60 bits per heavy atom. The minimum atomic E-state index is -0.0885. The summed E-state index contributed by atoms with van der Waals surface area (Å²) >= 11 is 0. The Morgan fingerprint density at radius 1 is 1.20 bits per heavy atom. The van der Waals surface area contributed by atoms with E-state index in [4.69, 9.17) is 0 Å². The maximum atomic E-state index is 12.6. The lowest BCUT2D eigenvalue weighted by molar-refractivity contribution is 0.0932. The van der Waals surface area contributed by atoms with E-state index in [1.807, 2.05) is 31.2 Å². The van der Waals surface area contributed by atoms with Gasteiger partial charge in [0, 0.05) is 25.2 Å². The van der Waals surface area contributed by atoms with E-state index in [2.05, 4.69) is 39.2 Å². The maximum absolute atomic E-state index is 12.6. The lowest BCUT2D eigenvalue weighted by Gasteiger charge is -2.23. The molecule has 0 spiro atoms. The Bertz CT molecular complexity index is 711. The van der Waals surface area contributed by atoms with Crippen molar-refractivity contribution in [3.63, 3.8) is 0 Å². The van der Waals surface area contributed by atoms with Crippen LogP contribution >= 0.6 is 0 Å². The summed E-state index contributed by atoms with van der Waals surface area (Å²) in [6.07, 6.45) is 4.52. The summed E-state index contributed by atoms with van der Waals surface area (Å²) in [7, 11) is 0. The monoisotopic (exact) mass is 338 g/mol. The number of nitrogens with one attached hydrogen (secondary N) is 1. The van der Waals surface area contributed by atoms with Crippen molar-refractivity contribution < 1.29 is 4.79 Å². The lowest BCUT2D eigenvalue weighted by Crippen LogP contribution is -2.33. The Labute approximate surface area is 149 Å². The molecule has 1 aromatic carbocycles. The molecule has 0 aliphatic heterocycles. The fourth-order valence-corrected chi connectivity index (χ4v) is 3.32. The molecule has 1 saturated carbocycles. The van der Waals surface area contributed by atoms with Crippen LogP contribution in [0.1, 0.15) is 54.5 Å². The molecule has 0 unspecified atom stereocenters. The quantitative estimate of drug-likeness (QED) is 0.876. The van der Waals surface area contributed by atoms with Crippen molar-refractivity contribution in [1.82, 2.24) is 15.3 Å². The fraction of sp³-hybridized carbons (Fsp3) is 0.450. The first-order chi connectivity index (χ1) is 12.2. The van der Waals surface area contributed by atoms with Gasteiger partial charge in [-0.05, 0) is 32.3 Å².